The van der Waals surface area contributed by atoms with E-state index in [0.717, 1.165) is 11.3 Å². The van der Waals surface area contributed by atoms with Gasteiger partial charge in [-0.2, -0.15) is 0 Å². The maximum Gasteiger partial charge on any atom is 0.269 e. The highest BCUT2D eigenvalue weighted by Gasteiger charge is 2.05. The van der Waals surface area contributed by atoms with Crippen molar-refractivity contribution in [3.63, 3.8) is 0 Å². The molecular weight excluding hydrogens is 220 g/mol. The first-order valence-electron chi connectivity index (χ1n) is 5.15. The molecule has 0 unspecified atom stereocenters. The van der Waals surface area contributed by atoms with Gasteiger partial charge in [0.15, 0.2) is 5.78 Å². The van der Waals surface area contributed by atoms with Crippen molar-refractivity contribution < 1.29 is 9.72 Å². The number of nitro benzene ring substituents is 1. The molecule has 0 spiro atoms. The molecule has 0 aliphatic rings. The van der Waals surface area contributed by atoms with Gasteiger partial charge in [0.1, 0.15) is 0 Å². The lowest BCUT2D eigenvalue weighted by Gasteiger charge is -2.05. The van der Waals surface area contributed by atoms with Crippen LogP contribution in [0, 0.1) is 10.1 Å². The number of carbonyl (C=O) groups excluding carboxylic acids is 1. The number of ketones is 1. The Morgan fingerprint density at radius 3 is 2.76 bits per heavy atom. The number of nitrogens with one attached hydrogen (secondary N) is 1. The number of rotatable bonds is 5. The highest BCUT2D eigenvalue weighted by Crippen LogP contribution is 2.12. The third kappa shape index (κ3) is 4.46. The van der Waals surface area contributed by atoms with E-state index in [4.69, 9.17) is 0 Å². The molecule has 0 saturated heterocycles. The van der Waals surface area contributed by atoms with Gasteiger partial charge >= 0.3 is 0 Å². The Hall–Kier alpha value is -2.17. The third-order valence-corrected chi connectivity index (χ3v) is 2.11. The topological polar surface area (TPSA) is 72.2 Å². The van der Waals surface area contributed by atoms with Gasteiger partial charge in [0.2, 0.25) is 0 Å². The summed E-state index contributed by atoms with van der Waals surface area (Å²) in [5.41, 5.74) is 1.61. The summed E-state index contributed by atoms with van der Waals surface area (Å²) in [5, 5.41) is 13.6. The minimum atomic E-state index is -0.429. The number of non-ortho nitro benzene ring substituents is 1. The molecule has 0 heterocycles. The van der Waals surface area contributed by atoms with Gasteiger partial charge < -0.3 is 5.32 Å². The molecule has 90 valence electrons. The van der Waals surface area contributed by atoms with Crippen molar-refractivity contribution >= 4 is 11.5 Å². The predicted molar refractivity (Wildman–Crippen MR) is 64.4 cm³/mol. The van der Waals surface area contributed by atoms with Gasteiger partial charge in [0.05, 0.1) is 4.92 Å². The van der Waals surface area contributed by atoms with Crippen molar-refractivity contribution in [1.82, 2.24) is 5.32 Å². The molecular formula is C12H14N2O3. The lowest BCUT2D eigenvalue weighted by Crippen LogP contribution is -2.11. The number of hydrogen-bond acceptors (Lipinski definition) is 4. The zero-order valence-corrected chi connectivity index (χ0v) is 9.77. The van der Waals surface area contributed by atoms with Crippen LogP contribution in [0.1, 0.15) is 19.4 Å². The first-order chi connectivity index (χ1) is 7.99. The average molecular weight is 234 g/mol. The molecule has 5 heteroatoms. The van der Waals surface area contributed by atoms with Crippen molar-refractivity contribution in [3.8, 4) is 0 Å². The zero-order chi connectivity index (χ0) is 12.8. The zero-order valence-electron chi connectivity index (χ0n) is 9.77. The van der Waals surface area contributed by atoms with Gasteiger partial charge in [-0.05, 0) is 25.5 Å². The van der Waals surface area contributed by atoms with Crippen molar-refractivity contribution in [2.45, 2.75) is 20.4 Å². The fourth-order valence-electron chi connectivity index (χ4n) is 1.38. The molecule has 1 rings (SSSR count). The van der Waals surface area contributed by atoms with E-state index in [9.17, 15) is 14.9 Å². The standard InChI is InChI=1S/C12H14N2O3/c1-9(6-10(2)15)13-8-11-4-3-5-12(7-11)14(16)17/h3-7,13H,8H2,1-2H3/b9-6-. The molecule has 1 aromatic rings. The Morgan fingerprint density at radius 2 is 2.18 bits per heavy atom. The Labute approximate surface area is 99.3 Å². The maximum atomic E-state index is 10.8. The normalized spacial score (nSPS) is 11.1. The van der Waals surface area contributed by atoms with E-state index in [1.807, 2.05) is 0 Å². The van der Waals surface area contributed by atoms with E-state index in [-0.39, 0.29) is 11.5 Å². The van der Waals surface area contributed by atoms with E-state index >= 15 is 0 Å². The van der Waals surface area contributed by atoms with E-state index in [1.54, 1.807) is 19.1 Å². The molecule has 0 saturated carbocycles. The van der Waals surface area contributed by atoms with Crippen LogP contribution in [0.4, 0.5) is 5.69 Å². The fourth-order valence-corrected chi connectivity index (χ4v) is 1.38. The molecule has 0 atom stereocenters. The smallest absolute Gasteiger partial charge is 0.269 e. The van der Waals surface area contributed by atoms with Crippen molar-refractivity contribution in [1.29, 1.82) is 0 Å². The highest BCUT2D eigenvalue weighted by molar-refractivity contribution is 5.87. The number of carbonyl (C=O) groups is 1. The second kappa shape index (κ2) is 5.79. The molecule has 5 nitrogen and oxygen atoms in total. The van der Waals surface area contributed by atoms with Crippen LogP contribution < -0.4 is 5.32 Å². The summed E-state index contributed by atoms with van der Waals surface area (Å²) in [7, 11) is 0. The van der Waals surface area contributed by atoms with Crippen LogP contribution in [0.5, 0.6) is 0 Å². The van der Waals surface area contributed by atoms with Gasteiger partial charge in [-0.25, -0.2) is 0 Å². The monoisotopic (exact) mass is 234 g/mol. The summed E-state index contributed by atoms with van der Waals surface area (Å²) in [6.07, 6.45) is 1.48. The fraction of sp³-hybridized carbons (Fsp3) is 0.250. The molecule has 0 aliphatic carbocycles. The summed E-state index contributed by atoms with van der Waals surface area (Å²) < 4.78 is 0. The summed E-state index contributed by atoms with van der Waals surface area (Å²) in [6.45, 7) is 3.70. The molecule has 0 aromatic heterocycles. The lowest BCUT2D eigenvalue weighted by molar-refractivity contribution is -0.384. The molecule has 1 aromatic carbocycles. The van der Waals surface area contributed by atoms with Gasteiger partial charge in [-0.1, -0.05) is 12.1 Å². The third-order valence-electron chi connectivity index (χ3n) is 2.11. The van der Waals surface area contributed by atoms with Gasteiger partial charge in [-0.3, -0.25) is 14.9 Å². The van der Waals surface area contributed by atoms with Crippen LogP contribution in [-0.2, 0) is 11.3 Å². The van der Waals surface area contributed by atoms with E-state index in [2.05, 4.69) is 5.32 Å². The maximum absolute atomic E-state index is 10.8. The molecule has 0 radical (unpaired) electrons. The largest absolute Gasteiger partial charge is 0.384 e. The number of nitro groups is 1. The van der Waals surface area contributed by atoms with Gasteiger partial charge in [0.25, 0.3) is 5.69 Å². The average Bonchev–Trinajstić information content (AvgIpc) is 2.26. The van der Waals surface area contributed by atoms with Gasteiger partial charge in [-0.15, -0.1) is 0 Å². The van der Waals surface area contributed by atoms with Crippen LogP contribution in [-0.4, -0.2) is 10.7 Å². The number of hydrogen-bond donors (Lipinski definition) is 1. The first-order valence-corrected chi connectivity index (χ1v) is 5.15. The predicted octanol–water partition coefficient (Wildman–Crippen LogP) is 2.18. The summed E-state index contributed by atoms with van der Waals surface area (Å²) in [6, 6.07) is 6.38. The number of benzene rings is 1. The second-order valence-electron chi connectivity index (χ2n) is 3.72. The van der Waals surface area contributed by atoms with E-state index in [0.29, 0.717) is 6.54 Å². The second-order valence-corrected chi connectivity index (χ2v) is 3.72. The van der Waals surface area contributed by atoms with Crippen LogP contribution >= 0.6 is 0 Å². The first kappa shape index (κ1) is 12.9. The van der Waals surface area contributed by atoms with Crippen molar-refractivity contribution in [2.75, 3.05) is 0 Å². The molecule has 1 N–H and O–H groups in total. The Bertz CT molecular complexity index is 467. The number of allylic oxidation sites excluding steroid dienone is 2. The van der Waals surface area contributed by atoms with E-state index < -0.39 is 4.92 Å². The Morgan fingerprint density at radius 1 is 1.47 bits per heavy atom. The van der Waals surface area contributed by atoms with Crippen molar-refractivity contribution in [3.05, 3.63) is 51.7 Å². The Kier molecular flexibility index (Phi) is 4.39. The quantitative estimate of drug-likeness (QED) is 0.481. The van der Waals surface area contributed by atoms with Crippen molar-refractivity contribution in [2.24, 2.45) is 0 Å². The minimum absolute atomic E-state index is 0.0333. The van der Waals surface area contributed by atoms with E-state index in [1.165, 1.54) is 25.1 Å². The SMILES string of the molecule is CC(=O)/C=C(/C)NCc1cccc([N+](=O)[O-])c1. The van der Waals surface area contributed by atoms with Crippen LogP contribution in [0.2, 0.25) is 0 Å². The molecule has 0 aliphatic heterocycles. The van der Waals surface area contributed by atoms with Gasteiger partial charge in [0, 0.05) is 24.4 Å². The highest BCUT2D eigenvalue weighted by atomic mass is 16.6. The summed E-state index contributed by atoms with van der Waals surface area (Å²) in [5.74, 6) is -0.0333. The summed E-state index contributed by atoms with van der Waals surface area (Å²) in [4.78, 5) is 20.9. The molecule has 0 amide bonds. The Balaban J connectivity index is 2.67. The van der Waals surface area contributed by atoms with Crippen LogP contribution in [0.25, 0.3) is 0 Å². The molecule has 17 heavy (non-hydrogen) atoms. The molecule has 0 fully saturated rings. The minimum Gasteiger partial charge on any atom is -0.384 e. The molecule has 0 bridgehead atoms. The van der Waals surface area contributed by atoms with Crippen LogP contribution in [0.3, 0.4) is 0 Å². The summed E-state index contributed by atoms with van der Waals surface area (Å²) >= 11 is 0. The number of nitrogens with zero attached hydrogens (tertiary/aromatic N) is 1. The lowest BCUT2D eigenvalue weighted by atomic mass is 10.2. The van der Waals surface area contributed by atoms with Crippen LogP contribution in [0.15, 0.2) is 36.0 Å².